The predicted molar refractivity (Wildman–Crippen MR) is 65.4 cm³/mol. The molecule has 0 aromatic carbocycles. The van der Waals surface area contributed by atoms with Gasteiger partial charge in [-0.2, -0.15) is 0 Å². The zero-order chi connectivity index (χ0) is 12.3. The summed E-state index contributed by atoms with van der Waals surface area (Å²) in [7, 11) is -1.01. The zero-order valence-corrected chi connectivity index (χ0v) is 10.8. The van der Waals surface area contributed by atoms with Gasteiger partial charge in [-0.1, -0.05) is 12.8 Å². The molecule has 2 unspecified atom stereocenters. The third-order valence-electron chi connectivity index (χ3n) is 3.85. The zero-order valence-electron chi connectivity index (χ0n) is 10.0. The number of carboxylic acids is 1. The fraction of sp³-hybridized carbons (Fsp3) is 0.917. The van der Waals surface area contributed by atoms with E-state index in [9.17, 15) is 9.00 Å². The number of hydrogen-bond donors (Lipinski definition) is 1. The summed E-state index contributed by atoms with van der Waals surface area (Å²) < 4.78 is 17.9. The van der Waals surface area contributed by atoms with Crippen molar-refractivity contribution in [1.29, 1.82) is 0 Å². The van der Waals surface area contributed by atoms with Gasteiger partial charge < -0.3 is 9.84 Å². The lowest BCUT2D eigenvalue weighted by Crippen LogP contribution is -2.41. The lowest BCUT2D eigenvalue weighted by molar-refractivity contribution is -0.136. The van der Waals surface area contributed by atoms with Crippen molar-refractivity contribution >= 4 is 16.8 Å². The summed E-state index contributed by atoms with van der Waals surface area (Å²) in [5.41, 5.74) is -0.0260. The lowest BCUT2D eigenvalue weighted by Gasteiger charge is -2.37. The minimum absolute atomic E-state index is 0.0109. The molecule has 98 valence electrons. The van der Waals surface area contributed by atoms with E-state index >= 15 is 0 Å². The molecule has 1 N–H and O–H groups in total. The third-order valence-corrected chi connectivity index (χ3v) is 5.60. The predicted octanol–water partition coefficient (Wildman–Crippen LogP) is 1.70. The molecule has 0 radical (unpaired) electrons. The molecule has 1 saturated heterocycles. The van der Waals surface area contributed by atoms with Gasteiger partial charge in [0.25, 0.3) is 0 Å². The Labute approximate surface area is 104 Å². The molecule has 5 heteroatoms. The van der Waals surface area contributed by atoms with Crippen LogP contribution in [0.5, 0.6) is 0 Å². The van der Waals surface area contributed by atoms with Crippen LogP contribution in [0.4, 0.5) is 0 Å². The SMILES string of the molecule is O=C(O)CCS(=O)C1CCOC2(CCCC2)C1. The Balaban J connectivity index is 1.88. The molecule has 1 aliphatic heterocycles. The van der Waals surface area contributed by atoms with Crippen LogP contribution in [0.1, 0.15) is 44.9 Å². The molecule has 2 aliphatic rings. The summed E-state index contributed by atoms with van der Waals surface area (Å²) in [5.74, 6) is -0.572. The Bertz CT molecular complexity index is 310. The number of hydrogen-bond acceptors (Lipinski definition) is 3. The Morgan fingerprint density at radius 1 is 1.41 bits per heavy atom. The van der Waals surface area contributed by atoms with Crippen LogP contribution in [0.15, 0.2) is 0 Å². The van der Waals surface area contributed by atoms with Gasteiger partial charge in [0.05, 0.1) is 12.0 Å². The van der Waals surface area contributed by atoms with Gasteiger partial charge in [0, 0.05) is 28.4 Å². The molecule has 2 fully saturated rings. The average molecular weight is 260 g/mol. The molecular formula is C12H20O4S. The quantitative estimate of drug-likeness (QED) is 0.835. The van der Waals surface area contributed by atoms with Crippen LogP contribution in [0, 0.1) is 0 Å². The van der Waals surface area contributed by atoms with Crippen molar-refractivity contribution in [2.75, 3.05) is 12.4 Å². The largest absolute Gasteiger partial charge is 0.481 e. The van der Waals surface area contributed by atoms with E-state index in [1.54, 1.807) is 0 Å². The van der Waals surface area contributed by atoms with Gasteiger partial charge in [0.15, 0.2) is 0 Å². The molecule has 2 rings (SSSR count). The van der Waals surface area contributed by atoms with Gasteiger partial charge in [0.2, 0.25) is 0 Å². The molecule has 0 amide bonds. The highest BCUT2D eigenvalue weighted by Crippen LogP contribution is 2.41. The molecule has 17 heavy (non-hydrogen) atoms. The smallest absolute Gasteiger partial charge is 0.304 e. The van der Waals surface area contributed by atoms with Crippen LogP contribution >= 0.6 is 0 Å². The van der Waals surface area contributed by atoms with Crippen LogP contribution in [0.25, 0.3) is 0 Å². The monoisotopic (exact) mass is 260 g/mol. The first-order valence-electron chi connectivity index (χ1n) is 6.34. The Morgan fingerprint density at radius 3 is 2.76 bits per heavy atom. The van der Waals surface area contributed by atoms with Crippen molar-refractivity contribution in [3.05, 3.63) is 0 Å². The molecule has 1 heterocycles. The van der Waals surface area contributed by atoms with E-state index in [1.807, 2.05) is 0 Å². The first kappa shape index (κ1) is 13.0. The third kappa shape index (κ3) is 3.28. The van der Waals surface area contributed by atoms with E-state index in [4.69, 9.17) is 9.84 Å². The second kappa shape index (κ2) is 5.48. The lowest BCUT2D eigenvalue weighted by atomic mass is 9.92. The number of rotatable bonds is 4. The van der Waals surface area contributed by atoms with Gasteiger partial charge in [-0.15, -0.1) is 0 Å². The standard InChI is InChI=1S/C12H20O4S/c13-11(14)4-8-17(15)10-3-7-16-12(9-10)5-1-2-6-12/h10H,1-9H2,(H,13,14). The second-order valence-electron chi connectivity index (χ2n) is 5.08. The average Bonchev–Trinajstić information content (AvgIpc) is 2.74. The summed E-state index contributed by atoms with van der Waals surface area (Å²) in [6.07, 6.45) is 6.26. The summed E-state index contributed by atoms with van der Waals surface area (Å²) in [5, 5.41) is 8.75. The molecule has 1 aliphatic carbocycles. The highest BCUT2D eigenvalue weighted by atomic mass is 32.2. The van der Waals surface area contributed by atoms with Crippen LogP contribution in [-0.2, 0) is 20.3 Å². The van der Waals surface area contributed by atoms with Crippen molar-refractivity contribution < 1.29 is 18.8 Å². The van der Waals surface area contributed by atoms with Crippen molar-refractivity contribution in [2.45, 2.75) is 55.8 Å². The van der Waals surface area contributed by atoms with E-state index in [0.717, 1.165) is 25.7 Å². The minimum Gasteiger partial charge on any atom is -0.481 e. The first-order chi connectivity index (χ1) is 8.11. The van der Waals surface area contributed by atoms with E-state index in [2.05, 4.69) is 0 Å². The summed E-state index contributed by atoms with van der Waals surface area (Å²) in [4.78, 5) is 10.5. The van der Waals surface area contributed by atoms with Crippen molar-refractivity contribution in [3.8, 4) is 0 Å². The molecule has 0 bridgehead atoms. The number of ether oxygens (including phenoxy) is 1. The fourth-order valence-electron chi connectivity index (χ4n) is 2.93. The minimum atomic E-state index is -1.01. The summed E-state index contributed by atoms with van der Waals surface area (Å²) >= 11 is 0. The van der Waals surface area contributed by atoms with Crippen LogP contribution in [0.2, 0.25) is 0 Å². The highest BCUT2D eigenvalue weighted by molar-refractivity contribution is 7.85. The van der Waals surface area contributed by atoms with Crippen molar-refractivity contribution in [3.63, 3.8) is 0 Å². The highest BCUT2D eigenvalue weighted by Gasteiger charge is 2.41. The summed E-state index contributed by atoms with van der Waals surface area (Å²) in [6.45, 7) is 0.684. The molecule has 1 spiro atoms. The maximum absolute atomic E-state index is 12.0. The number of aliphatic carboxylic acids is 1. The van der Waals surface area contributed by atoms with Crippen LogP contribution in [0.3, 0.4) is 0 Å². The van der Waals surface area contributed by atoms with Crippen molar-refractivity contribution in [1.82, 2.24) is 0 Å². The molecule has 1 saturated carbocycles. The normalized spacial score (nSPS) is 29.3. The number of carboxylic acid groups (broad SMARTS) is 1. The molecular weight excluding hydrogens is 240 g/mol. The Hall–Kier alpha value is -0.420. The molecule has 0 aromatic heterocycles. The summed E-state index contributed by atoms with van der Waals surface area (Å²) in [6, 6.07) is 0. The Kier molecular flexibility index (Phi) is 4.20. The van der Waals surface area contributed by atoms with E-state index in [1.165, 1.54) is 12.8 Å². The fourth-order valence-corrected chi connectivity index (χ4v) is 4.49. The molecule has 0 aromatic rings. The second-order valence-corrected chi connectivity index (χ2v) is 6.92. The maximum atomic E-state index is 12.0. The van der Waals surface area contributed by atoms with Gasteiger partial charge in [-0.3, -0.25) is 9.00 Å². The van der Waals surface area contributed by atoms with Gasteiger partial charge in [-0.05, 0) is 25.7 Å². The topological polar surface area (TPSA) is 63.6 Å². The Morgan fingerprint density at radius 2 is 2.12 bits per heavy atom. The van der Waals surface area contributed by atoms with E-state index < -0.39 is 16.8 Å². The van der Waals surface area contributed by atoms with Gasteiger partial charge >= 0.3 is 5.97 Å². The van der Waals surface area contributed by atoms with Crippen LogP contribution in [-0.4, -0.2) is 38.5 Å². The van der Waals surface area contributed by atoms with Crippen molar-refractivity contribution in [2.24, 2.45) is 0 Å². The maximum Gasteiger partial charge on any atom is 0.304 e. The molecule has 4 nitrogen and oxygen atoms in total. The van der Waals surface area contributed by atoms with Crippen LogP contribution < -0.4 is 0 Å². The molecule has 2 atom stereocenters. The first-order valence-corrected chi connectivity index (χ1v) is 7.72. The van der Waals surface area contributed by atoms with E-state index in [-0.39, 0.29) is 23.0 Å². The van der Waals surface area contributed by atoms with E-state index in [0.29, 0.717) is 6.61 Å². The van der Waals surface area contributed by atoms with Gasteiger partial charge in [0.1, 0.15) is 0 Å². The number of carbonyl (C=O) groups is 1. The van der Waals surface area contributed by atoms with Gasteiger partial charge in [-0.25, -0.2) is 0 Å².